The second-order valence-electron chi connectivity index (χ2n) is 2.62. The van der Waals surface area contributed by atoms with Crippen molar-refractivity contribution < 1.29 is 14.6 Å². The van der Waals surface area contributed by atoms with E-state index in [1.807, 2.05) is 6.92 Å². The Bertz CT molecular complexity index is 93.3. The molecule has 3 heteroatoms. The SMILES string of the molecule is CC(CCCCCO)OC=O. The quantitative estimate of drug-likeness (QED) is 0.448. The largest absolute Gasteiger partial charge is 0.465 e. The molecule has 0 amide bonds. The molecule has 0 heterocycles. The third kappa shape index (κ3) is 7.33. The zero-order valence-electron chi connectivity index (χ0n) is 6.95. The van der Waals surface area contributed by atoms with Gasteiger partial charge in [0.1, 0.15) is 0 Å². The molecule has 0 bridgehead atoms. The summed E-state index contributed by atoms with van der Waals surface area (Å²) in [5, 5.41) is 8.45. The highest BCUT2D eigenvalue weighted by Gasteiger charge is 1.99. The van der Waals surface area contributed by atoms with Gasteiger partial charge in [0.15, 0.2) is 0 Å². The Hall–Kier alpha value is -0.570. The van der Waals surface area contributed by atoms with Crippen molar-refractivity contribution >= 4 is 6.47 Å². The van der Waals surface area contributed by atoms with Gasteiger partial charge in [0, 0.05) is 6.61 Å². The molecule has 3 nitrogen and oxygen atoms in total. The lowest BCUT2D eigenvalue weighted by Crippen LogP contribution is -2.06. The van der Waals surface area contributed by atoms with Gasteiger partial charge in [-0.05, 0) is 26.2 Å². The third-order valence-corrected chi connectivity index (χ3v) is 1.56. The molecule has 0 aliphatic rings. The highest BCUT2D eigenvalue weighted by Crippen LogP contribution is 2.04. The molecule has 0 spiro atoms. The first-order chi connectivity index (χ1) is 5.31. The molecule has 0 fully saturated rings. The van der Waals surface area contributed by atoms with Gasteiger partial charge in [-0.1, -0.05) is 6.42 Å². The van der Waals surface area contributed by atoms with Crippen molar-refractivity contribution in [2.24, 2.45) is 0 Å². The van der Waals surface area contributed by atoms with Crippen LogP contribution in [0.15, 0.2) is 0 Å². The fraction of sp³-hybridized carbons (Fsp3) is 0.875. The second-order valence-corrected chi connectivity index (χ2v) is 2.62. The summed E-state index contributed by atoms with van der Waals surface area (Å²) in [4.78, 5) is 9.84. The minimum absolute atomic E-state index is 0.0196. The van der Waals surface area contributed by atoms with Crippen molar-refractivity contribution in [3.05, 3.63) is 0 Å². The number of hydrogen-bond acceptors (Lipinski definition) is 3. The van der Waals surface area contributed by atoms with Gasteiger partial charge in [-0.2, -0.15) is 0 Å². The van der Waals surface area contributed by atoms with Crippen molar-refractivity contribution in [3.8, 4) is 0 Å². The van der Waals surface area contributed by atoms with Crippen LogP contribution in [-0.4, -0.2) is 24.3 Å². The molecule has 0 aromatic heterocycles. The van der Waals surface area contributed by atoms with Crippen molar-refractivity contribution in [1.29, 1.82) is 0 Å². The van der Waals surface area contributed by atoms with Crippen molar-refractivity contribution in [1.82, 2.24) is 0 Å². The van der Waals surface area contributed by atoms with Crippen LogP contribution >= 0.6 is 0 Å². The Morgan fingerprint density at radius 2 is 2.18 bits per heavy atom. The Kier molecular flexibility index (Phi) is 7.15. The van der Waals surface area contributed by atoms with E-state index in [1.165, 1.54) is 0 Å². The van der Waals surface area contributed by atoms with E-state index in [2.05, 4.69) is 4.74 Å². The Morgan fingerprint density at radius 1 is 1.45 bits per heavy atom. The molecule has 0 aliphatic heterocycles. The maximum Gasteiger partial charge on any atom is 0.293 e. The minimum Gasteiger partial charge on any atom is -0.465 e. The molecule has 0 rings (SSSR count). The molecule has 0 aromatic rings. The monoisotopic (exact) mass is 160 g/mol. The van der Waals surface area contributed by atoms with E-state index in [9.17, 15) is 4.79 Å². The van der Waals surface area contributed by atoms with Crippen LogP contribution in [0.2, 0.25) is 0 Å². The first-order valence-electron chi connectivity index (χ1n) is 4.01. The highest BCUT2D eigenvalue weighted by molar-refractivity contribution is 5.37. The molecule has 1 atom stereocenters. The molecule has 11 heavy (non-hydrogen) atoms. The van der Waals surface area contributed by atoms with E-state index in [0.29, 0.717) is 6.47 Å². The average molecular weight is 160 g/mol. The van der Waals surface area contributed by atoms with Gasteiger partial charge >= 0.3 is 0 Å². The van der Waals surface area contributed by atoms with Crippen LogP contribution in [0, 0.1) is 0 Å². The Balaban J connectivity index is 3.03. The van der Waals surface area contributed by atoms with Crippen LogP contribution in [0.1, 0.15) is 32.6 Å². The van der Waals surface area contributed by atoms with Crippen LogP contribution in [0.25, 0.3) is 0 Å². The summed E-state index contributed by atoms with van der Waals surface area (Å²) in [6.07, 6.45) is 3.76. The molecule has 1 unspecified atom stereocenters. The van der Waals surface area contributed by atoms with Crippen molar-refractivity contribution in [2.75, 3.05) is 6.61 Å². The van der Waals surface area contributed by atoms with E-state index in [-0.39, 0.29) is 12.7 Å². The standard InChI is InChI=1S/C8H16O3/c1-8(11-7-10)5-3-2-4-6-9/h7-9H,2-6H2,1H3. The van der Waals surface area contributed by atoms with Crippen molar-refractivity contribution in [2.45, 2.75) is 38.7 Å². The van der Waals surface area contributed by atoms with E-state index in [0.717, 1.165) is 25.7 Å². The van der Waals surface area contributed by atoms with Gasteiger partial charge in [0.2, 0.25) is 0 Å². The predicted molar refractivity (Wildman–Crippen MR) is 42.2 cm³/mol. The molecule has 66 valence electrons. The first kappa shape index (κ1) is 10.4. The fourth-order valence-electron chi connectivity index (χ4n) is 0.883. The number of hydrogen-bond donors (Lipinski definition) is 1. The van der Waals surface area contributed by atoms with Crippen LogP contribution in [0.4, 0.5) is 0 Å². The number of rotatable bonds is 7. The van der Waals surface area contributed by atoms with Gasteiger partial charge in [-0.15, -0.1) is 0 Å². The van der Waals surface area contributed by atoms with Gasteiger partial charge in [0.25, 0.3) is 6.47 Å². The summed E-state index contributed by atoms with van der Waals surface area (Å²) in [6, 6.07) is 0. The number of carbonyl (C=O) groups is 1. The molecule has 0 saturated carbocycles. The lowest BCUT2D eigenvalue weighted by Gasteiger charge is -2.07. The predicted octanol–water partition coefficient (Wildman–Crippen LogP) is 1.10. The lowest BCUT2D eigenvalue weighted by molar-refractivity contribution is -0.133. The van der Waals surface area contributed by atoms with E-state index >= 15 is 0 Å². The smallest absolute Gasteiger partial charge is 0.293 e. The molecular weight excluding hydrogens is 144 g/mol. The van der Waals surface area contributed by atoms with Crippen LogP contribution < -0.4 is 0 Å². The fourth-order valence-corrected chi connectivity index (χ4v) is 0.883. The zero-order chi connectivity index (χ0) is 8.53. The summed E-state index contributed by atoms with van der Waals surface area (Å²) >= 11 is 0. The molecular formula is C8H16O3. The average Bonchev–Trinajstić information content (AvgIpc) is 1.99. The summed E-state index contributed by atoms with van der Waals surface area (Å²) in [5.41, 5.74) is 0. The summed E-state index contributed by atoms with van der Waals surface area (Å²) in [5.74, 6) is 0. The third-order valence-electron chi connectivity index (χ3n) is 1.56. The van der Waals surface area contributed by atoms with Crippen LogP contribution in [-0.2, 0) is 9.53 Å². The Labute approximate surface area is 67.4 Å². The number of ether oxygens (including phenoxy) is 1. The zero-order valence-corrected chi connectivity index (χ0v) is 6.95. The summed E-state index contributed by atoms with van der Waals surface area (Å²) < 4.78 is 4.68. The maximum atomic E-state index is 9.84. The number of carbonyl (C=O) groups excluding carboxylic acids is 1. The van der Waals surface area contributed by atoms with Gasteiger partial charge in [-0.25, -0.2) is 0 Å². The normalized spacial score (nSPS) is 12.5. The number of aliphatic hydroxyl groups excluding tert-OH is 1. The van der Waals surface area contributed by atoms with Crippen LogP contribution in [0.3, 0.4) is 0 Å². The number of unbranched alkanes of at least 4 members (excludes halogenated alkanes) is 2. The molecule has 1 N–H and O–H groups in total. The van der Waals surface area contributed by atoms with E-state index in [4.69, 9.17) is 5.11 Å². The summed E-state index contributed by atoms with van der Waals surface area (Å²) in [7, 11) is 0. The minimum atomic E-state index is 0.0196. The topological polar surface area (TPSA) is 46.5 Å². The second kappa shape index (κ2) is 7.54. The van der Waals surface area contributed by atoms with Gasteiger partial charge in [0.05, 0.1) is 6.10 Å². The highest BCUT2D eigenvalue weighted by atomic mass is 16.5. The molecule has 0 saturated heterocycles. The maximum absolute atomic E-state index is 9.84. The van der Waals surface area contributed by atoms with Crippen LogP contribution in [0.5, 0.6) is 0 Å². The lowest BCUT2D eigenvalue weighted by atomic mass is 10.1. The van der Waals surface area contributed by atoms with Gasteiger partial charge < -0.3 is 9.84 Å². The van der Waals surface area contributed by atoms with Gasteiger partial charge in [-0.3, -0.25) is 4.79 Å². The molecule has 0 radical (unpaired) electrons. The van der Waals surface area contributed by atoms with E-state index < -0.39 is 0 Å². The molecule has 0 aliphatic carbocycles. The number of aliphatic hydroxyl groups is 1. The van der Waals surface area contributed by atoms with Crippen molar-refractivity contribution in [3.63, 3.8) is 0 Å². The van der Waals surface area contributed by atoms with E-state index in [1.54, 1.807) is 0 Å². The molecule has 0 aromatic carbocycles. The summed E-state index contributed by atoms with van der Waals surface area (Å²) in [6.45, 7) is 2.60. The first-order valence-corrected chi connectivity index (χ1v) is 4.01. The Morgan fingerprint density at radius 3 is 2.73 bits per heavy atom.